The van der Waals surface area contributed by atoms with Gasteiger partial charge in [0.2, 0.25) is 0 Å². The first-order valence-electron chi connectivity index (χ1n) is 10.3. The lowest BCUT2D eigenvalue weighted by Gasteiger charge is -2.17. The average Bonchev–Trinajstić information content (AvgIpc) is 2.78. The molecule has 1 N–H and O–H groups in total. The number of carbonyl (C=O) groups excluding carboxylic acids is 1. The van der Waals surface area contributed by atoms with E-state index in [0.29, 0.717) is 13.0 Å². The van der Waals surface area contributed by atoms with Crippen LogP contribution in [0, 0.1) is 0 Å². The molecule has 0 unspecified atom stereocenters. The van der Waals surface area contributed by atoms with Crippen LogP contribution in [-0.2, 0) is 27.2 Å². The fourth-order valence-electron chi connectivity index (χ4n) is 2.64. The summed E-state index contributed by atoms with van der Waals surface area (Å²) in [6.07, 6.45) is 2.24. The third-order valence-electron chi connectivity index (χ3n) is 4.57. The molecule has 0 spiro atoms. The van der Waals surface area contributed by atoms with Gasteiger partial charge < -0.3 is 19.5 Å². The maximum absolute atomic E-state index is 11.7. The molecule has 0 bridgehead atoms. The van der Waals surface area contributed by atoms with Gasteiger partial charge in [0.25, 0.3) is 0 Å². The molecule has 6 heteroatoms. The molecule has 0 heterocycles. The van der Waals surface area contributed by atoms with Gasteiger partial charge in [-0.15, -0.1) is 0 Å². The number of hydrogen-bond acceptors (Lipinski definition) is 5. The Morgan fingerprint density at radius 1 is 1.06 bits per heavy atom. The van der Waals surface area contributed by atoms with Crippen molar-refractivity contribution in [3.63, 3.8) is 0 Å². The monoisotopic (exact) mass is 461 g/mol. The lowest BCUT2D eigenvalue weighted by Crippen LogP contribution is -2.14. The van der Waals surface area contributed by atoms with Gasteiger partial charge in [-0.05, 0) is 74.8 Å². The molecular formula is C26H40NO4P. The van der Waals surface area contributed by atoms with Gasteiger partial charge in [0.05, 0.1) is 33.0 Å². The van der Waals surface area contributed by atoms with Gasteiger partial charge in [-0.3, -0.25) is 4.79 Å². The summed E-state index contributed by atoms with van der Waals surface area (Å²) in [4.78, 5) is 11.7. The lowest BCUT2D eigenvalue weighted by molar-refractivity contribution is -0.142. The predicted octanol–water partition coefficient (Wildman–Crippen LogP) is 5.97. The number of methoxy groups -OCH3 is 2. The molecule has 0 aliphatic heterocycles. The number of carbonyl (C=O) groups is 1. The topological polar surface area (TPSA) is 56.8 Å². The summed E-state index contributed by atoms with van der Waals surface area (Å²) in [5.41, 5.74) is 3.32. The standard InChI is InChI=1S/C20H26NO3P.C5H10O.CH4/c1-5-24-20(22)13-16-8-11-18(19(12-16)25(3)4)21-14-15-6-9-17(23-2)10-7-15;1-4-5(2)6-3;/h6-12,21H,5,13-14H2,1-4H3;4H,1-3H3;1H4/b;5-4+;. The Labute approximate surface area is 195 Å². The fraction of sp³-hybridized carbons (Fsp3) is 0.423. The fourth-order valence-corrected chi connectivity index (χ4v) is 3.70. The minimum absolute atomic E-state index is 0. The normalized spacial score (nSPS) is 10.4. The van der Waals surface area contributed by atoms with Gasteiger partial charge >= 0.3 is 5.97 Å². The van der Waals surface area contributed by atoms with Crippen LogP contribution in [0.15, 0.2) is 54.3 Å². The maximum Gasteiger partial charge on any atom is 0.310 e. The number of anilines is 1. The summed E-state index contributed by atoms with van der Waals surface area (Å²) in [6, 6.07) is 14.2. The molecule has 2 aromatic rings. The zero-order valence-corrected chi connectivity index (χ0v) is 20.7. The van der Waals surface area contributed by atoms with Crippen LogP contribution in [0.1, 0.15) is 39.3 Å². The molecule has 0 aliphatic rings. The molecule has 2 rings (SSSR count). The Kier molecular flexibility index (Phi) is 14.9. The van der Waals surface area contributed by atoms with Crippen molar-refractivity contribution >= 4 is 24.9 Å². The number of benzene rings is 2. The van der Waals surface area contributed by atoms with Crippen LogP contribution in [0.25, 0.3) is 0 Å². The number of ether oxygens (including phenoxy) is 3. The van der Waals surface area contributed by atoms with Crippen molar-refractivity contribution in [3.8, 4) is 5.75 Å². The minimum Gasteiger partial charge on any atom is -0.502 e. The summed E-state index contributed by atoms with van der Waals surface area (Å²) in [5, 5.41) is 4.78. The second-order valence-electron chi connectivity index (χ2n) is 7.03. The van der Waals surface area contributed by atoms with Crippen LogP contribution in [0.4, 0.5) is 5.69 Å². The number of allylic oxidation sites excluding steroid dienone is 2. The summed E-state index contributed by atoms with van der Waals surface area (Å²) in [5.74, 6) is 1.65. The van der Waals surface area contributed by atoms with Crippen LogP contribution in [0.3, 0.4) is 0 Å². The molecule has 0 radical (unpaired) electrons. The van der Waals surface area contributed by atoms with E-state index < -0.39 is 0 Å². The van der Waals surface area contributed by atoms with E-state index in [1.54, 1.807) is 14.2 Å². The first kappa shape index (κ1) is 29.5. The molecule has 0 atom stereocenters. The van der Waals surface area contributed by atoms with Crippen LogP contribution in [-0.4, -0.2) is 40.1 Å². The lowest BCUT2D eigenvalue weighted by atomic mass is 10.1. The van der Waals surface area contributed by atoms with E-state index in [2.05, 4.69) is 42.9 Å². The van der Waals surface area contributed by atoms with E-state index in [9.17, 15) is 4.79 Å². The first-order chi connectivity index (χ1) is 14.8. The van der Waals surface area contributed by atoms with E-state index in [4.69, 9.17) is 14.2 Å². The van der Waals surface area contributed by atoms with Crippen LogP contribution >= 0.6 is 7.92 Å². The second kappa shape index (κ2) is 16.2. The largest absolute Gasteiger partial charge is 0.502 e. The molecule has 5 nitrogen and oxygen atoms in total. The van der Waals surface area contributed by atoms with E-state index >= 15 is 0 Å². The average molecular weight is 462 g/mol. The quantitative estimate of drug-likeness (QED) is 0.283. The van der Waals surface area contributed by atoms with E-state index in [0.717, 1.165) is 29.3 Å². The molecule has 0 saturated heterocycles. The van der Waals surface area contributed by atoms with Crippen molar-refractivity contribution in [2.45, 2.75) is 41.2 Å². The molecule has 178 valence electrons. The molecule has 0 fully saturated rings. The molecule has 32 heavy (non-hydrogen) atoms. The maximum atomic E-state index is 11.7. The molecule has 0 saturated carbocycles. The Morgan fingerprint density at radius 2 is 1.69 bits per heavy atom. The van der Waals surface area contributed by atoms with Crippen molar-refractivity contribution < 1.29 is 19.0 Å². The Bertz CT molecular complexity index is 832. The van der Waals surface area contributed by atoms with Gasteiger partial charge in [-0.1, -0.05) is 39.6 Å². The smallest absolute Gasteiger partial charge is 0.310 e. The Balaban J connectivity index is 0.00000121. The number of nitrogens with one attached hydrogen (secondary N) is 1. The van der Waals surface area contributed by atoms with Crippen LogP contribution < -0.4 is 15.4 Å². The van der Waals surface area contributed by atoms with Crippen molar-refractivity contribution in [2.75, 3.05) is 39.5 Å². The highest BCUT2D eigenvalue weighted by Gasteiger charge is 2.10. The van der Waals surface area contributed by atoms with Crippen molar-refractivity contribution in [3.05, 3.63) is 65.4 Å². The van der Waals surface area contributed by atoms with Crippen LogP contribution in [0.5, 0.6) is 5.75 Å². The van der Waals surface area contributed by atoms with Crippen molar-refractivity contribution in [1.82, 2.24) is 0 Å². The van der Waals surface area contributed by atoms with Gasteiger partial charge in [0.1, 0.15) is 5.75 Å². The second-order valence-corrected chi connectivity index (χ2v) is 9.30. The van der Waals surface area contributed by atoms with Gasteiger partial charge in [-0.25, -0.2) is 0 Å². The Hall–Kier alpha value is -2.52. The third-order valence-corrected chi connectivity index (χ3v) is 5.90. The Morgan fingerprint density at radius 3 is 2.16 bits per heavy atom. The minimum atomic E-state index is -0.288. The van der Waals surface area contributed by atoms with Crippen LogP contribution in [0.2, 0.25) is 0 Å². The molecule has 0 aliphatic carbocycles. The summed E-state index contributed by atoms with van der Waals surface area (Å²) in [7, 11) is 3.04. The van der Waals surface area contributed by atoms with E-state index in [1.807, 2.05) is 45.0 Å². The predicted molar refractivity (Wildman–Crippen MR) is 139 cm³/mol. The summed E-state index contributed by atoms with van der Waals surface area (Å²) >= 11 is 0. The number of rotatable bonds is 9. The van der Waals surface area contributed by atoms with Crippen molar-refractivity contribution in [2.24, 2.45) is 0 Å². The van der Waals surface area contributed by atoms with E-state index in [1.165, 1.54) is 10.9 Å². The molecule has 0 amide bonds. The summed E-state index contributed by atoms with van der Waals surface area (Å²) in [6.45, 7) is 11.3. The van der Waals surface area contributed by atoms with Gasteiger partial charge in [0, 0.05) is 12.2 Å². The zero-order chi connectivity index (χ0) is 23.2. The molecule has 2 aromatic carbocycles. The SMILES string of the molecule is C.C/C=C(\C)OC.CCOC(=O)Cc1ccc(NCc2ccc(OC)cc2)c(P(C)C)c1. The number of esters is 1. The van der Waals surface area contributed by atoms with Gasteiger partial charge in [0.15, 0.2) is 0 Å². The van der Waals surface area contributed by atoms with Gasteiger partial charge in [-0.2, -0.15) is 0 Å². The zero-order valence-electron chi connectivity index (χ0n) is 19.8. The highest BCUT2D eigenvalue weighted by Crippen LogP contribution is 2.29. The first-order valence-corrected chi connectivity index (χ1v) is 12.6. The third kappa shape index (κ3) is 10.7. The number of hydrogen-bond donors (Lipinski definition) is 1. The molecular weight excluding hydrogens is 421 g/mol. The molecule has 0 aromatic heterocycles. The van der Waals surface area contributed by atoms with Crippen molar-refractivity contribution in [1.29, 1.82) is 0 Å². The summed E-state index contributed by atoms with van der Waals surface area (Å²) < 4.78 is 15.0. The highest BCUT2D eigenvalue weighted by molar-refractivity contribution is 7.64. The van der Waals surface area contributed by atoms with E-state index in [-0.39, 0.29) is 21.3 Å². The highest BCUT2D eigenvalue weighted by atomic mass is 31.1.